The topological polar surface area (TPSA) is 46.6 Å². The van der Waals surface area contributed by atoms with Gasteiger partial charge in [-0.15, -0.1) is 0 Å². The SMILES string of the molecule is COc1ccc(N2C3=C(C(=O)CC2c2ccccc2)C(=O)CC(C)(C)C3)cc1. The van der Waals surface area contributed by atoms with E-state index in [0.29, 0.717) is 24.8 Å². The fraction of sp³-hybridized carbons (Fsp3) is 0.333. The van der Waals surface area contributed by atoms with E-state index in [9.17, 15) is 9.59 Å². The van der Waals surface area contributed by atoms with Crippen molar-refractivity contribution in [3.05, 3.63) is 71.4 Å². The molecule has 144 valence electrons. The zero-order chi connectivity index (χ0) is 19.9. The van der Waals surface area contributed by atoms with Crippen LogP contribution in [0.25, 0.3) is 0 Å². The standard InChI is InChI=1S/C24H25NO3/c1-24(2)14-20-23(22(27)15-24)21(26)13-19(16-7-5-4-6-8-16)25(20)17-9-11-18(28-3)12-10-17/h4-12,19H,13-15H2,1-3H3. The number of carbonyl (C=O) groups is 2. The molecular formula is C24H25NO3. The van der Waals surface area contributed by atoms with E-state index in [1.54, 1.807) is 7.11 Å². The third kappa shape index (κ3) is 3.24. The molecule has 1 unspecified atom stereocenters. The fourth-order valence-electron chi connectivity index (χ4n) is 4.39. The summed E-state index contributed by atoms with van der Waals surface area (Å²) in [6.07, 6.45) is 1.43. The zero-order valence-corrected chi connectivity index (χ0v) is 16.6. The Bertz CT molecular complexity index is 942. The molecule has 0 saturated heterocycles. The Labute approximate surface area is 165 Å². The number of Topliss-reactive ketones (excluding diaryl/α,β-unsaturated/α-hetero) is 2. The second kappa shape index (κ2) is 6.93. The molecule has 0 amide bonds. The Balaban J connectivity index is 1.89. The molecule has 4 rings (SSSR count). The molecule has 2 aromatic rings. The Morgan fingerprint density at radius 2 is 1.61 bits per heavy atom. The average Bonchev–Trinajstić information content (AvgIpc) is 2.67. The predicted octanol–water partition coefficient (Wildman–Crippen LogP) is 4.86. The molecule has 2 aromatic carbocycles. The van der Waals surface area contributed by atoms with Crippen molar-refractivity contribution in [1.82, 2.24) is 0 Å². The highest BCUT2D eigenvalue weighted by molar-refractivity contribution is 6.22. The lowest BCUT2D eigenvalue weighted by atomic mass is 9.72. The molecule has 0 N–H and O–H groups in total. The highest BCUT2D eigenvalue weighted by Crippen LogP contribution is 2.47. The monoisotopic (exact) mass is 375 g/mol. The first-order valence-corrected chi connectivity index (χ1v) is 9.67. The van der Waals surface area contributed by atoms with Crippen molar-refractivity contribution >= 4 is 17.3 Å². The Kier molecular flexibility index (Phi) is 4.58. The fourth-order valence-corrected chi connectivity index (χ4v) is 4.39. The van der Waals surface area contributed by atoms with Crippen LogP contribution in [0.3, 0.4) is 0 Å². The van der Waals surface area contributed by atoms with Crippen molar-refractivity contribution in [1.29, 1.82) is 0 Å². The summed E-state index contributed by atoms with van der Waals surface area (Å²) >= 11 is 0. The number of allylic oxidation sites excluding steroid dienone is 2. The summed E-state index contributed by atoms with van der Waals surface area (Å²) < 4.78 is 5.30. The number of methoxy groups -OCH3 is 1. The van der Waals surface area contributed by atoms with E-state index >= 15 is 0 Å². The summed E-state index contributed by atoms with van der Waals surface area (Å²) in [6.45, 7) is 4.19. The van der Waals surface area contributed by atoms with Crippen LogP contribution in [0.2, 0.25) is 0 Å². The molecule has 28 heavy (non-hydrogen) atoms. The third-order valence-corrected chi connectivity index (χ3v) is 5.65. The van der Waals surface area contributed by atoms with Gasteiger partial charge >= 0.3 is 0 Å². The highest BCUT2D eigenvalue weighted by atomic mass is 16.5. The van der Waals surface area contributed by atoms with Crippen molar-refractivity contribution < 1.29 is 14.3 Å². The minimum Gasteiger partial charge on any atom is -0.497 e. The van der Waals surface area contributed by atoms with Gasteiger partial charge in [0, 0.05) is 24.2 Å². The number of nitrogens with zero attached hydrogens (tertiary/aromatic N) is 1. The molecule has 0 radical (unpaired) electrons. The molecule has 0 bridgehead atoms. The summed E-state index contributed by atoms with van der Waals surface area (Å²) in [5.74, 6) is 0.720. The quantitative estimate of drug-likeness (QED) is 0.719. The maximum absolute atomic E-state index is 13.0. The molecule has 0 spiro atoms. The number of rotatable bonds is 3. The molecule has 1 heterocycles. The number of hydrogen-bond acceptors (Lipinski definition) is 4. The second-order valence-electron chi connectivity index (χ2n) is 8.38. The largest absolute Gasteiger partial charge is 0.497 e. The molecule has 0 saturated carbocycles. The lowest BCUT2D eigenvalue weighted by Gasteiger charge is -2.45. The van der Waals surface area contributed by atoms with Crippen LogP contribution in [0.15, 0.2) is 65.9 Å². The number of anilines is 1. The summed E-state index contributed by atoms with van der Waals surface area (Å²) in [6, 6.07) is 17.8. The van der Waals surface area contributed by atoms with Crippen LogP contribution in [-0.2, 0) is 9.59 Å². The molecule has 1 atom stereocenters. The maximum atomic E-state index is 13.0. The molecular weight excluding hydrogens is 350 g/mol. The van der Waals surface area contributed by atoms with Gasteiger partial charge in [0.15, 0.2) is 11.6 Å². The number of carbonyl (C=O) groups excluding carboxylic acids is 2. The van der Waals surface area contributed by atoms with Gasteiger partial charge in [-0.05, 0) is 41.7 Å². The Morgan fingerprint density at radius 3 is 2.25 bits per heavy atom. The summed E-state index contributed by atoms with van der Waals surface area (Å²) in [4.78, 5) is 28.0. The number of benzene rings is 2. The van der Waals surface area contributed by atoms with E-state index in [1.165, 1.54) is 0 Å². The molecule has 4 nitrogen and oxygen atoms in total. The van der Waals surface area contributed by atoms with Crippen molar-refractivity contribution in [2.24, 2.45) is 5.41 Å². The summed E-state index contributed by atoms with van der Waals surface area (Å²) in [7, 11) is 1.64. The van der Waals surface area contributed by atoms with Crippen LogP contribution in [0.4, 0.5) is 5.69 Å². The lowest BCUT2D eigenvalue weighted by Crippen LogP contribution is -2.43. The van der Waals surface area contributed by atoms with E-state index in [-0.39, 0.29) is 23.0 Å². The molecule has 4 heteroatoms. The lowest BCUT2D eigenvalue weighted by molar-refractivity contribution is -0.124. The number of ketones is 2. The van der Waals surface area contributed by atoms with Crippen molar-refractivity contribution in [3.63, 3.8) is 0 Å². The third-order valence-electron chi connectivity index (χ3n) is 5.65. The van der Waals surface area contributed by atoms with E-state index in [2.05, 4.69) is 30.9 Å². The highest BCUT2D eigenvalue weighted by Gasteiger charge is 2.44. The normalized spacial score (nSPS) is 21.5. The van der Waals surface area contributed by atoms with Crippen LogP contribution in [-0.4, -0.2) is 18.7 Å². The van der Waals surface area contributed by atoms with Gasteiger partial charge in [0.05, 0.1) is 18.7 Å². The minimum atomic E-state index is -0.167. The van der Waals surface area contributed by atoms with E-state index < -0.39 is 0 Å². The van der Waals surface area contributed by atoms with Crippen LogP contribution in [0.5, 0.6) is 5.75 Å². The van der Waals surface area contributed by atoms with Crippen LogP contribution >= 0.6 is 0 Å². The first-order chi connectivity index (χ1) is 13.4. The molecule has 0 aromatic heterocycles. The van der Waals surface area contributed by atoms with E-state index in [4.69, 9.17) is 4.74 Å². The zero-order valence-electron chi connectivity index (χ0n) is 16.6. The van der Waals surface area contributed by atoms with Crippen molar-refractivity contribution in [2.45, 2.75) is 39.2 Å². The molecule has 1 aliphatic heterocycles. The maximum Gasteiger partial charge on any atom is 0.170 e. The van der Waals surface area contributed by atoms with Gasteiger partial charge < -0.3 is 9.64 Å². The van der Waals surface area contributed by atoms with Crippen LogP contribution in [0.1, 0.15) is 44.7 Å². The summed E-state index contributed by atoms with van der Waals surface area (Å²) in [5, 5.41) is 0. The predicted molar refractivity (Wildman–Crippen MR) is 109 cm³/mol. The van der Waals surface area contributed by atoms with Crippen LogP contribution < -0.4 is 9.64 Å². The second-order valence-corrected chi connectivity index (χ2v) is 8.38. The average molecular weight is 375 g/mol. The molecule has 1 aliphatic carbocycles. The Morgan fingerprint density at radius 1 is 0.929 bits per heavy atom. The first kappa shape index (κ1) is 18.5. The van der Waals surface area contributed by atoms with Gasteiger partial charge in [0.2, 0.25) is 0 Å². The first-order valence-electron chi connectivity index (χ1n) is 9.67. The number of hydrogen-bond donors (Lipinski definition) is 0. The Hall–Kier alpha value is -2.88. The summed E-state index contributed by atoms with van der Waals surface area (Å²) in [5.41, 5.74) is 3.15. The van der Waals surface area contributed by atoms with E-state index in [1.807, 2.05) is 42.5 Å². The van der Waals surface area contributed by atoms with Gasteiger partial charge in [-0.25, -0.2) is 0 Å². The van der Waals surface area contributed by atoms with Gasteiger partial charge in [0.25, 0.3) is 0 Å². The van der Waals surface area contributed by atoms with Crippen molar-refractivity contribution in [2.75, 3.05) is 12.0 Å². The number of ether oxygens (including phenoxy) is 1. The van der Waals surface area contributed by atoms with Gasteiger partial charge in [-0.1, -0.05) is 44.2 Å². The van der Waals surface area contributed by atoms with Gasteiger partial charge in [-0.2, -0.15) is 0 Å². The van der Waals surface area contributed by atoms with Gasteiger partial charge in [-0.3, -0.25) is 9.59 Å². The smallest absolute Gasteiger partial charge is 0.170 e. The van der Waals surface area contributed by atoms with Crippen LogP contribution in [0, 0.1) is 5.41 Å². The molecule has 2 aliphatic rings. The van der Waals surface area contributed by atoms with E-state index in [0.717, 1.165) is 22.7 Å². The van der Waals surface area contributed by atoms with Gasteiger partial charge in [0.1, 0.15) is 5.75 Å². The minimum absolute atomic E-state index is 0.0266. The molecule has 0 fully saturated rings. The van der Waals surface area contributed by atoms with Crippen molar-refractivity contribution in [3.8, 4) is 5.75 Å².